The highest BCUT2D eigenvalue weighted by Crippen LogP contribution is 2.38. The van der Waals surface area contributed by atoms with Crippen molar-refractivity contribution in [3.8, 4) is 28.7 Å². The van der Waals surface area contributed by atoms with Crippen molar-refractivity contribution < 1.29 is 23.7 Å². The van der Waals surface area contributed by atoms with Gasteiger partial charge in [0.1, 0.15) is 5.75 Å². The molecule has 2 aromatic carbocycles. The maximum Gasteiger partial charge on any atom is 0.280 e. The molecule has 3 aromatic rings. The van der Waals surface area contributed by atoms with E-state index in [0.29, 0.717) is 45.7 Å². The number of hydrazone groups is 1. The normalized spacial score (nSPS) is 11.2. The zero-order valence-corrected chi connectivity index (χ0v) is 19.3. The van der Waals surface area contributed by atoms with Crippen molar-refractivity contribution in [2.45, 2.75) is 13.8 Å². The molecule has 0 atom stereocenters. The SMILES string of the molecule is COc1ccc(-n2[nH]c(C)c(C(C)=NNC(=O)c3cc(OC)c(OC)c(OC)c3)c2=O)cc1. The first kappa shape index (κ1) is 23.5. The van der Waals surface area contributed by atoms with E-state index in [1.54, 1.807) is 45.2 Å². The van der Waals surface area contributed by atoms with Crippen molar-refractivity contribution in [2.24, 2.45) is 5.10 Å². The minimum atomic E-state index is -0.503. The van der Waals surface area contributed by atoms with Gasteiger partial charge in [0.05, 0.1) is 45.4 Å². The van der Waals surface area contributed by atoms with Crippen LogP contribution in [0.4, 0.5) is 0 Å². The predicted molar refractivity (Wildman–Crippen MR) is 123 cm³/mol. The third-order valence-corrected chi connectivity index (χ3v) is 5.02. The van der Waals surface area contributed by atoms with E-state index in [9.17, 15) is 9.59 Å². The maximum absolute atomic E-state index is 13.0. The average Bonchev–Trinajstić information content (AvgIpc) is 3.14. The molecule has 3 rings (SSSR count). The molecule has 0 aliphatic rings. The van der Waals surface area contributed by atoms with Crippen molar-refractivity contribution in [3.63, 3.8) is 0 Å². The van der Waals surface area contributed by atoms with E-state index in [2.05, 4.69) is 15.6 Å². The van der Waals surface area contributed by atoms with Crippen LogP contribution in [0.3, 0.4) is 0 Å². The average molecular weight is 454 g/mol. The topological polar surface area (TPSA) is 116 Å². The van der Waals surface area contributed by atoms with Gasteiger partial charge < -0.3 is 18.9 Å². The summed E-state index contributed by atoms with van der Waals surface area (Å²) in [5, 5.41) is 7.16. The number of H-pyrrole nitrogens is 1. The van der Waals surface area contributed by atoms with Gasteiger partial charge in [0.15, 0.2) is 11.5 Å². The number of hydrogen-bond acceptors (Lipinski definition) is 7. The summed E-state index contributed by atoms with van der Waals surface area (Å²) in [6.07, 6.45) is 0. The lowest BCUT2D eigenvalue weighted by molar-refractivity contribution is 0.0954. The summed E-state index contributed by atoms with van der Waals surface area (Å²) in [6, 6.07) is 10.1. The van der Waals surface area contributed by atoms with Gasteiger partial charge in [0, 0.05) is 11.3 Å². The van der Waals surface area contributed by atoms with Gasteiger partial charge in [0.2, 0.25) is 5.75 Å². The number of amides is 1. The summed E-state index contributed by atoms with van der Waals surface area (Å²) < 4.78 is 22.4. The molecule has 0 aliphatic heterocycles. The van der Waals surface area contributed by atoms with Crippen LogP contribution in [0.25, 0.3) is 5.69 Å². The molecule has 0 spiro atoms. The quantitative estimate of drug-likeness (QED) is 0.399. The number of nitrogens with one attached hydrogen (secondary N) is 2. The number of methoxy groups -OCH3 is 4. The Bertz CT molecular complexity index is 1220. The van der Waals surface area contributed by atoms with Crippen molar-refractivity contribution in [2.75, 3.05) is 28.4 Å². The fourth-order valence-electron chi connectivity index (χ4n) is 3.35. The molecule has 10 nitrogen and oxygen atoms in total. The first-order valence-corrected chi connectivity index (χ1v) is 9.95. The van der Waals surface area contributed by atoms with Gasteiger partial charge in [0.25, 0.3) is 11.5 Å². The van der Waals surface area contributed by atoms with Crippen LogP contribution in [0, 0.1) is 6.92 Å². The minimum Gasteiger partial charge on any atom is -0.497 e. The second kappa shape index (κ2) is 9.94. The Morgan fingerprint density at radius 3 is 2.09 bits per heavy atom. The highest BCUT2D eigenvalue weighted by Gasteiger charge is 2.18. The molecule has 10 heteroatoms. The molecule has 0 aliphatic carbocycles. The monoisotopic (exact) mass is 454 g/mol. The Labute approximate surface area is 190 Å². The smallest absolute Gasteiger partial charge is 0.280 e. The van der Waals surface area contributed by atoms with Gasteiger partial charge in [-0.25, -0.2) is 10.1 Å². The number of nitrogens with zero attached hydrogens (tertiary/aromatic N) is 2. The first-order chi connectivity index (χ1) is 15.8. The van der Waals surface area contributed by atoms with Crippen molar-refractivity contribution in [1.82, 2.24) is 15.2 Å². The van der Waals surface area contributed by atoms with Gasteiger partial charge in [-0.05, 0) is 50.2 Å². The van der Waals surface area contributed by atoms with Crippen molar-refractivity contribution >= 4 is 11.6 Å². The summed E-state index contributed by atoms with van der Waals surface area (Å²) in [4.78, 5) is 25.7. The van der Waals surface area contributed by atoms with Gasteiger partial charge in [-0.2, -0.15) is 5.10 Å². The van der Waals surface area contributed by atoms with Crippen LogP contribution in [0.5, 0.6) is 23.0 Å². The van der Waals surface area contributed by atoms with Crippen LogP contribution in [0.1, 0.15) is 28.5 Å². The summed E-state index contributed by atoms with van der Waals surface area (Å²) in [7, 11) is 5.98. The first-order valence-electron chi connectivity index (χ1n) is 9.95. The maximum atomic E-state index is 13.0. The van der Waals surface area contributed by atoms with Crippen LogP contribution >= 0.6 is 0 Å². The number of hydrogen-bond donors (Lipinski definition) is 2. The molecule has 0 saturated heterocycles. The van der Waals surface area contributed by atoms with Gasteiger partial charge in [-0.15, -0.1) is 0 Å². The number of aryl methyl sites for hydroxylation is 1. The van der Waals surface area contributed by atoms with Gasteiger partial charge in [-0.1, -0.05) is 0 Å². The molecule has 1 amide bonds. The lowest BCUT2D eigenvalue weighted by Gasteiger charge is -2.13. The van der Waals surface area contributed by atoms with E-state index >= 15 is 0 Å². The number of rotatable bonds is 8. The summed E-state index contributed by atoms with van der Waals surface area (Å²) in [6.45, 7) is 3.40. The number of carbonyl (C=O) groups excluding carboxylic acids is 1. The largest absolute Gasteiger partial charge is 0.497 e. The number of benzene rings is 2. The Morgan fingerprint density at radius 1 is 0.970 bits per heavy atom. The second-order valence-electron chi connectivity index (χ2n) is 7.00. The van der Waals surface area contributed by atoms with Crippen LogP contribution in [0.2, 0.25) is 0 Å². The van der Waals surface area contributed by atoms with E-state index in [-0.39, 0.29) is 11.1 Å². The molecule has 0 fully saturated rings. The molecule has 1 aromatic heterocycles. The number of aromatic amines is 1. The molecule has 0 radical (unpaired) electrons. The van der Waals surface area contributed by atoms with E-state index < -0.39 is 5.91 Å². The Balaban J connectivity index is 1.88. The Kier molecular flexibility index (Phi) is 7.07. The highest BCUT2D eigenvalue weighted by atomic mass is 16.5. The highest BCUT2D eigenvalue weighted by molar-refractivity contribution is 6.01. The van der Waals surface area contributed by atoms with E-state index in [4.69, 9.17) is 18.9 Å². The zero-order chi connectivity index (χ0) is 24.1. The van der Waals surface area contributed by atoms with E-state index in [1.165, 1.54) is 38.1 Å². The van der Waals surface area contributed by atoms with Gasteiger partial charge >= 0.3 is 0 Å². The Hall–Kier alpha value is -4.21. The lowest BCUT2D eigenvalue weighted by atomic mass is 10.1. The summed E-state index contributed by atoms with van der Waals surface area (Å²) >= 11 is 0. The molecule has 0 bridgehead atoms. The fraction of sp³-hybridized carbons (Fsp3) is 0.261. The third kappa shape index (κ3) is 4.69. The van der Waals surface area contributed by atoms with E-state index in [1.807, 2.05) is 0 Å². The molecule has 0 saturated carbocycles. The van der Waals surface area contributed by atoms with Crippen LogP contribution in [0.15, 0.2) is 46.3 Å². The molecule has 1 heterocycles. The molecular formula is C23H26N4O6. The Morgan fingerprint density at radius 2 is 1.58 bits per heavy atom. The fourth-order valence-corrected chi connectivity index (χ4v) is 3.35. The summed E-state index contributed by atoms with van der Waals surface area (Å²) in [5.41, 5.74) is 4.40. The third-order valence-electron chi connectivity index (χ3n) is 5.02. The van der Waals surface area contributed by atoms with Crippen LogP contribution in [-0.4, -0.2) is 49.8 Å². The molecule has 2 N–H and O–H groups in total. The molecule has 33 heavy (non-hydrogen) atoms. The second-order valence-corrected chi connectivity index (χ2v) is 7.00. The van der Waals surface area contributed by atoms with Crippen molar-refractivity contribution in [3.05, 3.63) is 63.6 Å². The summed E-state index contributed by atoms with van der Waals surface area (Å²) in [5.74, 6) is 1.23. The molecular weight excluding hydrogens is 428 g/mol. The zero-order valence-electron chi connectivity index (χ0n) is 19.3. The molecule has 174 valence electrons. The predicted octanol–water partition coefficient (Wildman–Crippen LogP) is 2.66. The number of aromatic nitrogens is 2. The minimum absolute atomic E-state index is 0.252. The van der Waals surface area contributed by atoms with E-state index in [0.717, 1.165) is 0 Å². The number of ether oxygens (including phenoxy) is 4. The molecule has 0 unspecified atom stereocenters. The lowest BCUT2D eigenvalue weighted by Crippen LogP contribution is -2.23. The number of carbonyl (C=O) groups is 1. The standard InChI is InChI=1S/C23H26N4O6/c1-13(20-14(2)26-27(23(20)29)16-7-9-17(30-3)10-8-16)24-25-22(28)15-11-18(31-4)21(33-6)19(12-15)32-5/h7-12,26H,1-6H3,(H,25,28). The van der Waals surface area contributed by atoms with Crippen molar-refractivity contribution in [1.29, 1.82) is 0 Å². The van der Waals surface area contributed by atoms with Crippen LogP contribution in [-0.2, 0) is 0 Å². The van der Waals surface area contributed by atoms with Gasteiger partial charge in [-0.3, -0.25) is 14.7 Å². The van der Waals surface area contributed by atoms with Crippen LogP contribution < -0.4 is 29.9 Å².